The molecule has 0 saturated heterocycles. The molecule has 1 aromatic carbocycles. The number of aliphatic imine (C=N–C) groups is 1. The van der Waals surface area contributed by atoms with E-state index in [1.807, 2.05) is 7.05 Å². The lowest BCUT2D eigenvalue weighted by Crippen LogP contribution is -2.43. The number of fused-ring (bicyclic) bond motifs is 1. The average Bonchev–Trinajstić information content (AvgIpc) is 2.52. The normalized spacial score (nSPS) is 17.2. The van der Waals surface area contributed by atoms with Crippen LogP contribution in [0.2, 0.25) is 0 Å². The van der Waals surface area contributed by atoms with Crippen LogP contribution in [0.4, 0.5) is 0 Å². The van der Waals surface area contributed by atoms with Crippen LogP contribution in [0, 0.1) is 0 Å². The van der Waals surface area contributed by atoms with Gasteiger partial charge in [-0.3, -0.25) is 9.89 Å². The van der Waals surface area contributed by atoms with Crippen LogP contribution in [-0.2, 0) is 6.42 Å². The van der Waals surface area contributed by atoms with Crippen molar-refractivity contribution in [2.24, 2.45) is 4.99 Å². The van der Waals surface area contributed by atoms with E-state index in [2.05, 4.69) is 72.5 Å². The Labute approximate surface area is 147 Å². The zero-order valence-electron chi connectivity index (χ0n) is 16.0. The molecule has 1 unspecified atom stereocenters. The lowest BCUT2D eigenvalue weighted by atomic mass is 9.78. The topological polar surface area (TPSA) is 39.7 Å². The molecule has 0 saturated carbocycles. The fourth-order valence-corrected chi connectivity index (χ4v) is 3.57. The minimum absolute atomic E-state index is 0.598. The summed E-state index contributed by atoms with van der Waals surface area (Å²) in [5.41, 5.74) is 2.99. The smallest absolute Gasteiger partial charge is 0.190 e. The van der Waals surface area contributed by atoms with Crippen molar-refractivity contribution in [1.82, 2.24) is 15.5 Å². The van der Waals surface area contributed by atoms with Gasteiger partial charge in [0.2, 0.25) is 0 Å². The number of nitrogens with zero attached hydrogens (tertiary/aromatic N) is 2. The van der Waals surface area contributed by atoms with Crippen molar-refractivity contribution in [3.8, 4) is 0 Å². The van der Waals surface area contributed by atoms with Gasteiger partial charge in [-0.1, -0.05) is 24.3 Å². The molecule has 1 aliphatic rings. The maximum absolute atomic E-state index is 4.34. The highest BCUT2D eigenvalue weighted by molar-refractivity contribution is 5.79. The Morgan fingerprint density at radius 3 is 2.50 bits per heavy atom. The molecule has 1 aromatic rings. The summed E-state index contributed by atoms with van der Waals surface area (Å²) in [4.78, 5) is 6.87. The minimum Gasteiger partial charge on any atom is -0.356 e. The number of rotatable bonds is 8. The average molecular weight is 331 g/mol. The van der Waals surface area contributed by atoms with Crippen LogP contribution in [-0.4, -0.2) is 49.6 Å². The fraction of sp³-hybridized carbons (Fsp3) is 0.650. The van der Waals surface area contributed by atoms with Gasteiger partial charge in [-0.25, -0.2) is 0 Å². The zero-order valence-corrected chi connectivity index (χ0v) is 16.0. The summed E-state index contributed by atoms with van der Waals surface area (Å²) in [6, 6.07) is 9.93. The van der Waals surface area contributed by atoms with E-state index in [0.717, 1.165) is 32.0 Å². The van der Waals surface area contributed by atoms with Crippen LogP contribution in [0.25, 0.3) is 0 Å². The van der Waals surface area contributed by atoms with Crippen molar-refractivity contribution in [2.75, 3.05) is 26.7 Å². The quantitative estimate of drug-likeness (QED) is 0.437. The molecule has 2 N–H and O–H groups in total. The van der Waals surface area contributed by atoms with E-state index in [9.17, 15) is 0 Å². The highest BCUT2D eigenvalue weighted by atomic mass is 15.2. The van der Waals surface area contributed by atoms with Crippen LogP contribution in [0.3, 0.4) is 0 Å². The fourth-order valence-electron chi connectivity index (χ4n) is 3.57. The lowest BCUT2D eigenvalue weighted by Gasteiger charge is -2.31. The molecule has 1 aliphatic carbocycles. The number of hydrogen-bond acceptors (Lipinski definition) is 2. The number of guanidine groups is 1. The van der Waals surface area contributed by atoms with Crippen LogP contribution >= 0.6 is 0 Å². The number of nitrogens with one attached hydrogen (secondary N) is 2. The maximum Gasteiger partial charge on any atom is 0.190 e. The van der Waals surface area contributed by atoms with Gasteiger partial charge in [-0.2, -0.15) is 0 Å². The number of benzene rings is 1. The highest BCUT2D eigenvalue weighted by Gasteiger charge is 2.25. The largest absolute Gasteiger partial charge is 0.356 e. The molecule has 4 nitrogen and oxygen atoms in total. The van der Waals surface area contributed by atoms with E-state index in [1.165, 1.54) is 17.5 Å². The van der Waals surface area contributed by atoms with Gasteiger partial charge >= 0.3 is 0 Å². The summed E-state index contributed by atoms with van der Waals surface area (Å²) in [6.45, 7) is 12.1. The highest BCUT2D eigenvalue weighted by Crippen LogP contribution is 2.33. The number of hydrogen-bond donors (Lipinski definition) is 2. The molecule has 0 heterocycles. The van der Waals surface area contributed by atoms with E-state index in [-0.39, 0.29) is 0 Å². The monoisotopic (exact) mass is 330 g/mol. The minimum atomic E-state index is 0.598. The summed E-state index contributed by atoms with van der Waals surface area (Å²) < 4.78 is 0. The molecule has 0 amide bonds. The summed E-state index contributed by atoms with van der Waals surface area (Å²) in [7, 11) is 1.85. The molecule has 0 aliphatic heterocycles. The Morgan fingerprint density at radius 2 is 1.88 bits per heavy atom. The summed E-state index contributed by atoms with van der Waals surface area (Å²) in [5, 5.41) is 6.91. The van der Waals surface area contributed by atoms with Crippen molar-refractivity contribution in [1.29, 1.82) is 0 Å². The van der Waals surface area contributed by atoms with E-state index in [1.54, 1.807) is 0 Å². The molecule has 0 spiro atoms. The second-order valence-corrected chi connectivity index (χ2v) is 7.26. The molecule has 134 valence electrons. The van der Waals surface area contributed by atoms with Crippen molar-refractivity contribution < 1.29 is 0 Å². The first-order valence-corrected chi connectivity index (χ1v) is 9.31. The first-order chi connectivity index (χ1) is 11.5. The Balaban J connectivity index is 1.67. The molecular weight excluding hydrogens is 296 g/mol. The predicted octanol–water partition coefficient (Wildman–Crippen LogP) is 3.00. The van der Waals surface area contributed by atoms with Crippen molar-refractivity contribution in [3.05, 3.63) is 35.4 Å². The predicted molar refractivity (Wildman–Crippen MR) is 104 cm³/mol. The Kier molecular flexibility index (Phi) is 7.10. The molecule has 1 atom stereocenters. The summed E-state index contributed by atoms with van der Waals surface area (Å²) in [5.74, 6) is 1.54. The molecule has 2 rings (SSSR count). The van der Waals surface area contributed by atoms with Gasteiger partial charge in [0.25, 0.3) is 0 Å². The first kappa shape index (κ1) is 18.8. The third-order valence-corrected chi connectivity index (χ3v) is 4.91. The molecule has 4 heteroatoms. The standard InChI is InChI=1S/C20H34N4/c1-15(2)24(16(3)4)12-8-11-22-20(21-5)23-14-18-13-17-9-6-7-10-19(17)18/h6-7,9-10,15-16,18H,8,11-14H2,1-5H3,(H2,21,22,23). The van der Waals surface area contributed by atoms with Crippen LogP contribution in [0.1, 0.15) is 51.2 Å². The second-order valence-electron chi connectivity index (χ2n) is 7.26. The molecule has 0 fully saturated rings. The van der Waals surface area contributed by atoms with Crippen molar-refractivity contribution in [2.45, 2.75) is 58.5 Å². The van der Waals surface area contributed by atoms with Crippen molar-refractivity contribution >= 4 is 5.96 Å². The SMILES string of the molecule is CN=C(NCCCN(C(C)C)C(C)C)NCC1Cc2ccccc21. The Hall–Kier alpha value is -1.55. The van der Waals surface area contributed by atoms with Crippen LogP contribution in [0.5, 0.6) is 0 Å². The van der Waals surface area contributed by atoms with Gasteiger partial charge in [0.15, 0.2) is 5.96 Å². The van der Waals surface area contributed by atoms with Crippen LogP contribution < -0.4 is 10.6 Å². The zero-order chi connectivity index (χ0) is 17.5. The molecule has 0 radical (unpaired) electrons. The molecule has 0 aromatic heterocycles. The molecule has 24 heavy (non-hydrogen) atoms. The van der Waals surface area contributed by atoms with E-state index >= 15 is 0 Å². The first-order valence-electron chi connectivity index (χ1n) is 9.31. The third-order valence-electron chi connectivity index (χ3n) is 4.91. The van der Waals surface area contributed by atoms with Gasteiger partial charge in [0.1, 0.15) is 0 Å². The van der Waals surface area contributed by atoms with Gasteiger partial charge in [0, 0.05) is 44.7 Å². The third kappa shape index (κ3) is 4.97. The molecule has 0 bridgehead atoms. The van der Waals surface area contributed by atoms with Gasteiger partial charge in [-0.15, -0.1) is 0 Å². The summed E-state index contributed by atoms with van der Waals surface area (Å²) >= 11 is 0. The van der Waals surface area contributed by atoms with E-state index < -0.39 is 0 Å². The Morgan fingerprint density at radius 1 is 1.17 bits per heavy atom. The van der Waals surface area contributed by atoms with Gasteiger partial charge in [0.05, 0.1) is 0 Å². The van der Waals surface area contributed by atoms with E-state index in [0.29, 0.717) is 18.0 Å². The van der Waals surface area contributed by atoms with Crippen molar-refractivity contribution in [3.63, 3.8) is 0 Å². The van der Waals surface area contributed by atoms with Gasteiger partial charge < -0.3 is 10.6 Å². The Bertz CT molecular complexity index is 528. The maximum atomic E-state index is 4.34. The van der Waals surface area contributed by atoms with Gasteiger partial charge in [-0.05, 0) is 51.7 Å². The van der Waals surface area contributed by atoms with Crippen LogP contribution in [0.15, 0.2) is 29.3 Å². The lowest BCUT2D eigenvalue weighted by molar-refractivity contribution is 0.173. The van der Waals surface area contributed by atoms with E-state index in [4.69, 9.17) is 0 Å². The molecular formula is C20H34N4. The second kappa shape index (κ2) is 9.07. The summed E-state index contributed by atoms with van der Waals surface area (Å²) in [6.07, 6.45) is 2.31.